The highest BCUT2D eigenvalue weighted by molar-refractivity contribution is 5.89. The summed E-state index contributed by atoms with van der Waals surface area (Å²) in [5.74, 6) is 0.418. The molecule has 1 aliphatic rings. The monoisotopic (exact) mass is 394 g/mol. The maximum Gasteiger partial charge on any atom is 0.319 e. The second-order valence-electron chi connectivity index (χ2n) is 7.59. The van der Waals surface area contributed by atoms with Crippen LogP contribution in [0.3, 0.4) is 0 Å². The minimum absolute atomic E-state index is 0.189. The number of carbonyl (C=O) groups is 1. The highest BCUT2D eigenvalue weighted by atomic mass is 19.1. The Hall–Kier alpha value is -2.91. The van der Waals surface area contributed by atoms with Crippen LogP contribution in [-0.2, 0) is 6.42 Å². The number of benzene rings is 2. The fourth-order valence-electron chi connectivity index (χ4n) is 3.85. The fourth-order valence-corrected chi connectivity index (χ4v) is 3.85. The Kier molecular flexibility index (Phi) is 7.60. The first-order valence-corrected chi connectivity index (χ1v) is 10.2. The molecule has 0 aromatic heterocycles. The predicted molar refractivity (Wildman–Crippen MR) is 112 cm³/mol. The van der Waals surface area contributed by atoms with Crippen molar-refractivity contribution in [3.05, 3.63) is 65.5 Å². The van der Waals surface area contributed by atoms with E-state index in [9.17, 15) is 9.18 Å². The second kappa shape index (κ2) is 10.6. The van der Waals surface area contributed by atoms with Crippen LogP contribution < -0.4 is 16.0 Å². The molecule has 0 bridgehead atoms. The van der Waals surface area contributed by atoms with E-state index in [1.807, 2.05) is 12.1 Å². The molecule has 152 valence electrons. The van der Waals surface area contributed by atoms with E-state index in [0.29, 0.717) is 29.8 Å². The fraction of sp³-hybridized carbons (Fsp3) is 0.391. The highest BCUT2D eigenvalue weighted by Crippen LogP contribution is 2.23. The number of amides is 2. The summed E-state index contributed by atoms with van der Waals surface area (Å²) in [6.45, 7) is 1.60. The molecule has 1 saturated heterocycles. The lowest BCUT2D eigenvalue weighted by molar-refractivity contribution is 0.250. The average Bonchev–Trinajstić information content (AvgIpc) is 2.73. The lowest BCUT2D eigenvalue weighted by Gasteiger charge is -2.30. The number of urea groups is 1. The number of hydrogen-bond acceptors (Lipinski definition) is 3. The van der Waals surface area contributed by atoms with Crippen LogP contribution in [0.1, 0.15) is 36.8 Å². The first kappa shape index (κ1) is 20.8. The van der Waals surface area contributed by atoms with Crippen molar-refractivity contribution in [3.63, 3.8) is 0 Å². The van der Waals surface area contributed by atoms with E-state index in [-0.39, 0.29) is 11.8 Å². The van der Waals surface area contributed by atoms with E-state index in [2.05, 4.69) is 22.0 Å². The van der Waals surface area contributed by atoms with Gasteiger partial charge in [-0.2, -0.15) is 5.26 Å². The number of piperidine rings is 1. The summed E-state index contributed by atoms with van der Waals surface area (Å²) in [4.78, 5) is 12.0. The summed E-state index contributed by atoms with van der Waals surface area (Å²) < 4.78 is 13.1. The molecule has 0 saturated carbocycles. The summed E-state index contributed by atoms with van der Waals surface area (Å²) in [7, 11) is 0. The van der Waals surface area contributed by atoms with Gasteiger partial charge in [-0.1, -0.05) is 18.2 Å². The number of anilines is 1. The summed E-state index contributed by atoms with van der Waals surface area (Å²) in [6, 6.07) is 15.9. The molecule has 2 aromatic rings. The zero-order valence-corrected chi connectivity index (χ0v) is 16.5. The van der Waals surface area contributed by atoms with Gasteiger partial charge in [0, 0.05) is 18.3 Å². The molecule has 0 radical (unpaired) electrons. The molecule has 1 aliphatic heterocycles. The van der Waals surface area contributed by atoms with Crippen LogP contribution >= 0.6 is 0 Å². The third kappa shape index (κ3) is 6.88. The number of hydrogen-bond donors (Lipinski definition) is 3. The highest BCUT2D eigenvalue weighted by Gasteiger charge is 2.21. The number of rotatable bonds is 7. The van der Waals surface area contributed by atoms with Crippen LogP contribution in [0.15, 0.2) is 48.5 Å². The first-order chi connectivity index (χ1) is 14.1. The first-order valence-electron chi connectivity index (χ1n) is 10.2. The average molecular weight is 394 g/mol. The van der Waals surface area contributed by atoms with Gasteiger partial charge in [-0.25, -0.2) is 9.18 Å². The van der Waals surface area contributed by atoms with Crippen molar-refractivity contribution in [2.45, 2.75) is 38.1 Å². The molecular weight excluding hydrogens is 367 g/mol. The van der Waals surface area contributed by atoms with Gasteiger partial charge in [0.25, 0.3) is 0 Å². The van der Waals surface area contributed by atoms with Gasteiger partial charge >= 0.3 is 6.03 Å². The number of halogens is 1. The lowest BCUT2D eigenvalue weighted by atomic mass is 9.86. The predicted octanol–water partition coefficient (Wildman–Crippen LogP) is 4.21. The quantitative estimate of drug-likeness (QED) is 0.616. The topological polar surface area (TPSA) is 77.0 Å². The van der Waals surface area contributed by atoms with Gasteiger partial charge in [-0.3, -0.25) is 0 Å². The van der Waals surface area contributed by atoms with Crippen molar-refractivity contribution < 1.29 is 9.18 Å². The smallest absolute Gasteiger partial charge is 0.319 e. The summed E-state index contributed by atoms with van der Waals surface area (Å²) >= 11 is 0. The zero-order valence-electron chi connectivity index (χ0n) is 16.5. The number of nitriles is 1. The molecule has 0 aliphatic carbocycles. The van der Waals surface area contributed by atoms with Crippen LogP contribution in [0.5, 0.6) is 0 Å². The maximum absolute atomic E-state index is 13.1. The van der Waals surface area contributed by atoms with E-state index >= 15 is 0 Å². The second-order valence-corrected chi connectivity index (χ2v) is 7.59. The van der Waals surface area contributed by atoms with Crippen molar-refractivity contribution in [2.75, 3.05) is 18.4 Å². The van der Waals surface area contributed by atoms with E-state index in [4.69, 9.17) is 5.26 Å². The zero-order chi connectivity index (χ0) is 20.5. The third-order valence-corrected chi connectivity index (χ3v) is 5.31. The Morgan fingerprint density at radius 1 is 1.24 bits per heavy atom. The summed E-state index contributed by atoms with van der Waals surface area (Å²) in [5.41, 5.74) is 2.32. The molecule has 2 unspecified atom stereocenters. The lowest BCUT2D eigenvalue weighted by Crippen LogP contribution is -2.39. The Morgan fingerprint density at radius 2 is 2.07 bits per heavy atom. The molecule has 29 heavy (non-hydrogen) atoms. The molecular formula is C23H27FN4O. The molecule has 0 spiro atoms. The minimum atomic E-state index is -0.258. The molecule has 3 rings (SSSR count). The van der Waals surface area contributed by atoms with Gasteiger partial charge < -0.3 is 16.0 Å². The molecule has 1 fully saturated rings. The van der Waals surface area contributed by atoms with Crippen molar-refractivity contribution in [2.24, 2.45) is 5.92 Å². The maximum atomic E-state index is 13.1. The van der Waals surface area contributed by atoms with Crippen LogP contribution in [0.4, 0.5) is 14.9 Å². The molecule has 1 heterocycles. The van der Waals surface area contributed by atoms with E-state index in [1.165, 1.54) is 17.7 Å². The third-order valence-electron chi connectivity index (χ3n) is 5.31. The Balaban J connectivity index is 1.35. The van der Waals surface area contributed by atoms with Crippen LogP contribution in [0.25, 0.3) is 0 Å². The number of nitrogens with one attached hydrogen (secondary N) is 3. The van der Waals surface area contributed by atoms with Crippen molar-refractivity contribution in [3.8, 4) is 6.07 Å². The standard InChI is InChI=1S/C23H27FN4O/c24-20-8-6-17(7-9-20)13-18-10-12-26-21(14-18)5-2-11-27-23(29)28-22-4-1-3-19(15-22)16-25/h1,3-4,6-9,15,18,21,26H,2,5,10-14H2,(H2,27,28,29). The van der Waals surface area contributed by atoms with Gasteiger partial charge in [0.2, 0.25) is 0 Å². The Labute approximate surface area is 171 Å². The normalized spacial score (nSPS) is 18.6. The van der Waals surface area contributed by atoms with Crippen molar-refractivity contribution in [1.29, 1.82) is 5.26 Å². The molecule has 2 amide bonds. The molecule has 2 atom stereocenters. The minimum Gasteiger partial charge on any atom is -0.338 e. The van der Waals surface area contributed by atoms with E-state index in [0.717, 1.165) is 38.6 Å². The number of nitrogens with zero attached hydrogens (tertiary/aromatic N) is 1. The van der Waals surface area contributed by atoms with Crippen molar-refractivity contribution >= 4 is 11.7 Å². The van der Waals surface area contributed by atoms with Gasteiger partial charge in [0.05, 0.1) is 11.6 Å². The summed E-state index contributed by atoms with van der Waals surface area (Å²) in [5, 5.41) is 18.1. The van der Waals surface area contributed by atoms with Crippen LogP contribution in [-0.4, -0.2) is 25.2 Å². The van der Waals surface area contributed by atoms with E-state index < -0.39 is 0 Å². The Bertz CT molecular complexity index is 847. The van der Waals surface area contributed by atoms with E-state index in [1.54, 1.807) is 24.3 Å². The van der Waals surface area contributed by atoms with Gasteiger partial charge in [-0.05, 0) is 80.5 Å². The van der Waals surface area contributed by atoms with Crippen LogP contribution in [0.2, 0.25) is 0 Å². The van der Waals surface area contributed by atoms with Crippen molar-refractivity contribution in [1.82, 2.24) is 10.6 Å². The number of carbonyl (C=O) groups excluding carboxylic acids is 1. The Morgan fingerprint density at radius 3 is 2.86 bits per heavy atom. The molecule has 6 heteroatoms. The van der Waals surface area contributed by atoms with Crippen LogP contribution in [0, 0.1) is 23.1 Å². The SMILES string of the molecule is N#Cc1cccc(NC(=O)NCCCC2CC(Cc3ccc(F)cc3)CCN2)c1. The largest absolute Gasteiger partial charge is 0.338 e. The molecule has 5 nitrogen and oxygen atoms in total. The van der Waals surface area contributed by atoms with Gasteiger partial charge in [0.15, 0.2) is 0 Å². The molecule has 2 aromatic carbocycles. The van der Waals surface area contributed by atoms with Gasteiger partial charge in [0.1, 0.15) is 5.82 Å². The molecule has 3 N–H and O–H groups in total. The summed E-state index contributed by atoms with van der Waals surface area (Å²) in [6.07, 6.45) is 5.12. The van der Waals surface area contributed by atoms with Gasteiger partial charge in [-0.15, -0.1) is 0 Å².